The Balaban J connectivity index is 1.67. The molecule has 2 aromatic carbocycles. The topological polar surface area (TPSA) is 72.9 Å². The van der Waals surface area contributed by atoms with Crippen LogP contribution < -0.4 is 11.1 Å². The molecule has 1 aromatic heterocycles. The molecule has 0 radical (unpaired) electrons. The van der Waals surface area contributed by atoms with Crippen LogP contribution in [0.4, 0.5) is 0 Å². The van der Waals surface area contributed by atoms with Crippen molar-refractivity contribution >= 4 is 16.8 Å². The van der Waals surface area contributed by atoms with Crippen LogP contribution in [0.5, 0.6) is 0 Å². The van der Waals surface area contributed by atoms with Crippen molar-refractivity contribution in [2.45, 2.75) is 18.8 Å². The highest BCUT2D eigenvalue weighted by molar-refractivity contribution is 6.04. The standard InChI is InChI=1S/C19H20N4O/c20-19(24)17-5-1-3-15-12-23(22-18(15)17)16-8-6-13(7-9-16)14-4-2-10-21-11-14/h1,3,5-9,12,14,21H,2,4,10-11H2,(H2,20,24)/t14-/m0/s1/i11D/t11?,14-. The lowest BCUT2D eigenvalue weighted by atomic mass is 9.92. The van der Waals surface area contributed by atoms with Gasteiger partial charge in [-0.25, -0.2) is 4.68 Å². The SMILES string of the molecule is [2H]C1NCCC[C@@H]1c1ccc(-n2cc3cccc(C(N)=O)c3n2)cc1. The van der Waals surface area contributed by atoms with Gasteiger partial charge in [-0.3, -0.25) is 4.79 Å². The molecule has 1 fully saturated rings. The van der Waals surface area contributed by atoms with Crippen LogP contribution in [-0.2, 0) is 0 Å². The van der Waals surface area contributed by atoms with Crippen molar-refractivity contribution in [1.29, 1.82) is 0 Å². The van der Waals surface area contributed by atoms with Gasteiger partial charge in [0.15, 0.2) is 0 Å². The average Bonchev–Trinajstić information content (AvgIpc) is 3.06. The van der Waals surface area contributed by atoms with Crippen LogP contribution in [0.2, 0.25) is 0 Å². The Morgan fingerprint density at radius 1 is 1.29 bits per heavy atom. The summed E-state index contributed by atoms with van der Waals surface area (Å²) in [4.78, 5) is 11.6. The van der Waals surface area contributed by atoms with E-state index >= 15 is 0 Å². The molecule has 2 heterocycles. The molecular weight excluding hydrogens is 300 g/mol. The molecule has 1 aliphatic heterocycles. The smallest absolute Gasteiger partial charge is 0.250 e. The Bertz CT molecular complexity index is 919. The fraction of sp³-hybridized carbons (Fsp3) is 0.263. The molecule has 0 aliphatic carbocycles. The quantitative estimate of drug-likeness (QED) is 0.779. The number of piperidine rings is 1. The molecule has 0 spiro atoms. The molecule has 5 heteroatoms. The minimum absolute atomic E-state index is 0.223. The Morgan fingerprint density at radius 3 is 2.88 bits per heavy atom. The zero-order chi connectivity index (χ0) is 17.4. The Morgan fingerprint density at radius 2 is 2.12 bits per heavy atom. The van der Waals surface area contributed by atoms with Crippen molar-refractivity contribution in [2.75, 3.05) is 13.1 Å². The van der Waals surface area contributed by atoms with Crippen molar-refractivity contribution in [3.63, 3.8) is 0 Å². The summed E-state index contributed by atoms with van der Waals surface area (Å²) in [5, 5.41) is 8.62. The first-order valence-electron chi connectivity index (χ1n) is 8.75. The molecule has 1 aliphatic rings. The lowest BCUT2D eigenvalue weighted by molar-refractivity contribution is 0.100. The highest BCUT2D eigenvalue weighted by atomic mass is 16.1. The fourth-order valence-corrected chi connectivity index (χ4v) is 3.25. The van der Waals surface area contributed by atoms with E-state index in [1.165, 1.54) is 5.56 Å². The monoisotopic (exact) mass is 321 g/mol. The van der Waals surface area contributed by atoms with E-state index in [1.807, 2.05) is 30.5 Å². The molecule has 3 N–H and O–H groups in total. The van der Waals surface area contributed by atoms with Gasteiger partial charge in [-0.1, -0.05) is 24.3 Å². The first kappa shape index (κ1) is 13.7. The third-order valence-electron chi connectivity index (χ3n) is 4.54. The number of carbonyl (C=O) groups is 1. The molecule has 1 unspecified atom stereocenters. The van der Waals surface area contributed by atoms with Crippen LogP contribution in [-0.4, -0.2) is 28.8 Å². The summed E-state index contributed by atoms with van der Waals surface area (Å²) in [6.45, 7) is 0.676. The van der Waals surface area contributed by atoms with Crippen LogP contribution in [0.1, 0.15) is 36.1 Å². The molecule has 3 aromatic rings. The van der Waals surface area contributed by atoms with Crippen LogP contribution >= 0.6 is 0 Å². The number of carbonyl (C=O) groups excluding carboxylic acids is 1. The number of nitrogens with zero attached hydrogens (tertiary/aromatic N) is 2. The maximum absolute atomic E-state index is 11.6. The van der Waals surface area contributed by atoms with Gasteiger partial charge in [-0.15, -0.1) is 0 Å². The van der Waals surface area contributed by atoms with E-state index in [0.717, 1.165) is 30.5 Å². The Labute approximate surface area is 141 Å². The summed E-state index contributed by atoms with van der Waals surface area (Å²) in [7, 11) is 0. The van der Waals surface area contributed by atoms with Crippen molar-refractivity contribution in [2.24, 2.45) is 5.73 Å². The molecule has 122 valence electrons. The number of hydrogen-bond acceptors (Lipinski definition) is 3. The predicted octanol–water partition coefficient (Wildman–Crippen LogP) is 2.59. The summed E-state index contributed by atoms with van der Waals surface area (Å²) in [5.41, 5.74) is 8.56. The van der Waals surface area contributed by atoms with E-state index in [0.29, 0.717) is 11.1 Å². The number of fused-ring (bicyclic) bond motifs is 1. The maximum Gasteiger partial charge on any atom is 0.250 e. The highest BCUT2D eigenvalue weighted by Crippen LogP contribution is 2.25. The van der Waals surface area contributed by atoms with Gasteiger partial charge in [0.05, 0.1) is 11.3 Å². The van der Waals surface area contributed by atoms with E-state index in [-0.39, 0.29) is 12.4 Å². The molecule has 1 saturated heterocycles. The van der Waals surface area contributed by atoms with Crippen molar-refractivity contribution in [1.82, 2.24) is 15.1 Å². The van der Waals surface area contributed by atoms with Crippen LogP contribution in [0.15, 0.2) is 48.7 Å². The average molecular weight is 321 g/mol. The summed E-state index contributed by atoms with van der Waals surface area (Å²) < 4.78 is 9.91. The second-order valence-electron chi connectivity index (χ2n) is 6.14. The van der Waals surface area contributed by atoms with Crippen molar-refractivity contribution < 1.29 is 6.17 Å². The van der Waals surface area contributed by atoms with E-state index in [4.69, 9.17) is 7.10 Å². The van der Waals surface area contributed by atoms with E-state index in [1.54, 1.807) is 10.7 Å². The Kier molecular flexibility index (Phi) is 3.49. The first-order chi connectivity index (χ1) is 12.1. The van der Waals surface area contributed by atoms with Gasteiger partial charge in [-0.05, 0) is 49.1 Å². The van der Waals surface area contributed by atoms with Gasteiger partial charge in [-0.2, -0.15) is 5.10 Å². The summed E-state index contributed by atoms with van der Waals surface area (Å²) in [5.74, 6) is -0.251. The molecule has 2 atom stereocenters. The highest BCUT2D eigenvalue weighted by Gasteiger charge is 2.15. The summed E-state index contributed by atoms with van der Waals surface area (Å²) in [6.07, 6.45) is 4.03. The van der Waals surface area contributed by atoms with E-state index in [9.17, 15) is 4.79 Å². The third-order valence-corrected chi connectivity index (χ3v) is 4.54. The lowest BCUT2D eigenvalue weighted by Gasteiger charge is -2.23. The van der Waals surface area contributed by atoms with E-state index in [2.05, 4.69) is 22.5 Å². The zero-order valence-corrected chi connectivity index (χ0v) is 13.3. The molecule has 24 heavy (non-hydrogen) atoms. The molecule has 5 nitrogen and oxygen atoms in total. The predicted molar refractivity (Wildman–Crippen MR) is 94.4 cm³/mol. The number of nitrogens with two attached hydrogens (primary N) is 1. The second-order valence-corrected chi connectivity index (χ2v) is 6.14. The Hall–Kier alpha value is -2.66. The number of benzene rings is 2. The minimum atomic E-state index is -0.475. The van der Waals surface area contributed by atoms with Gasteiger partial charge < -0.3 is 11.1 Å². The summed E-state index contributed by atoms with van der Waals surface area (Å²) >= 11 is 0. The zero-order valence-electron chi connectivity index (χ0n) is 14.3. The fourth-order valence-electron chi connectivity index (χ4n) is 3.25. The molecule has 1 amide bonds. The van der Waals surface area contributed by atoms with Gasteiger partial charge in [0.25, 0.3) is 5.91 Å². The molecule has 4 rings (SSSR count). The van der Waals surface area contributed by atoms with Crippen molar-refractivity contribution in [3.05, 3.63) is 59.8 Å². The van der Waals surface area contributed by atoms with Gasteiger partial charge in [0.1, 0.15) is 5.52 Å². The number of rotatable bonds is 3. The second kappa shape index (κ2) is 6.09. The number of nitrogens with one attached hydrogen (secondary N) is 1. The summed E-state index contributed by atoms with van der Waals surface area (Å²) in [6, 6.07) is 13.6. The maximum atomic E-state index is 11.6. The first-order valence-corrected chi connectivity index (χ1v) is 8.17. The van der Waals surface area contributed by atoms with Gasteiger partial charge in [0, 0.05) is 19.5 Å². The molecular formula is C19H20N4O. The number of primary amides is 1. The lowest BCUT2D eigenvalue weighted by Crippen LogP contribution is -2.28. The van der Waals surface area contributed by atoms with Gasteiger partial charge in [0.2, 0.25) is 0 Å². The van der Waals surface area contributed by atoms with Crippen LogP contribution in [0, 0.1) is 0 Å². The third kappa shape index (κ3) is 2.67. The number of aromatic nitrogens is 2. The van der Waals surface area contributed by atoms with Crippen molar-refractivity contribution in [3.8, 4) is 5.69 Å². The minimum Gasteiger partial charge on any atom is -0.366 e. The largest absolute Gasteiger partial charge is 0.366 e. The number of amides is 1. The number of hydrogen-bond donors (Lipinski definition) is 2. The molecule has 0 saturated carbocycles. The van der Waals surface area contributed by atoms with Crippen LogP contribution in [0.3, 0.4) is 0 Å². The van der Waals surface area contributed by atoms with Gasteiger partial charge >= 0.3 is 0 Å². The normalized spacial score (nSPS) is 21.6. The molecule has 0 bridgehead atoms. The van der Waals surface area contributed by atoms with Crippen LogP contribution in [0.25, 0.3) is 16.6 Å². The van der Waals surface area contributed by atoms with E-state index < -0.39 is 5.91 Å².